The van der Waals surface area contributed by atoms with Crippen LogP contribution in [0, 0.1) is 6.92 Å². The maximum Gasteiger partial charge on any atom is 0.228 e. The third-order valence-electron chi connectivity index (χ3n) is 3.91. The first-order valence-electron chi connectivity index (χ1n) is 8.13. The van der Waals surface area contributed by atoms with Gasteiger partial charge in [0.25, 0.3) is 0 Å². The van der Waals surface area contributed by atoms with Crippen molar-refractivity contribution in [3.63, 3.8) is 0 Å². The fourth-order valence-corrected chi connectivity index (χ4v) is 2.53. The predicted octanol–water partition coefficient (Wildman–Crippen LogP) is 3.43. The van der Waals surface area contributed by atoms with Crippen LogP contribution in [-0.2, 0) is 17.8 Å². The van der Waals surface area contributed by atoms with E-state index in [9.17, 15) is 4.79 Å². The highest BCUT2D eigenvalue weighted by Crippen LogP contribution is 2.13. The molecule has 0 fully saturated rings. The Kier molecular flexibility index (Phi) is 5.14. The fourth-order valence-electron chi connectivity index (χ4n) is 2.53. The van der Waals surface area contributed by atoms with Gasteiger partial charge in [0.2, 0.25) is 5.91 Å². The number of nitrogens with one attached hydrogen (secondary N) is 1. The second-order valence-corrected chi connectivity index (χ2v) is 5.99. The minimum absolute atomic E-state index is 0.0694. The van der Waals surface area contributed by atoms with E-state index in [1.54, 1.807) is 13.3 Å². The highest BCUT2D eigenvalue weighted by atomic mass is 16.5. The molecule has 0 radical (unpaired) electrons. The van der Waals surface area contributed by atoms with Crippen LogP contribution in [0.3, 0.4) is 0 Å². The molecule has 128 valence electrons. The Labute approximate surface area is 147 Å². The van der Waals surface area contributed by atoms with Gasteiger partial charge < -0.3 is 10.1 Å². The van der Waals surface area contributed by atoms with Crippen molar-refractivity contribution in [2.24, 2.45) is 0 Å². The van der Waals surface area contributed by atoms with E-state index in [0.717, 1.165) is 11.3 Å². The molecule has 3 rings (SSSR count). The number of amides is 1. The predicted molar refractivity (Wildman–Crippen MR) is 97.8 cm³/mol. The lowest BCUT2D eigenvalue weighted by Crippen LogP contribution is -2.14. The number of anilines is 1. The number of rotatable bonds is 6. The van der Waals surface area contributed by atoms with E-state index < -0.39 is 0 Å². The Bertz CT molecular complexity index is 836. The van der Waals surface area contributed by atoms with Crippen molar-refractivity contribution >= 4 is 11.6 Å². The number of hydrogen-bond donors (Lipinski definition) is 1. The van der Waals surface area contributed by atoms with Crippen molar-refractivity contribution in [1.29, 1.82) is 0 Å². The summed E-state index contributed by atoms with van der Waals surface area (Å²) in [6.07, 6.45) is 3.82. The molecule has 0 saturated carbocycles. The number of aryl methyl sites for hydroxylation is 1. The molecule has 0 aliphatic heterocycles. The zero-order valence-electron chi connectivity index (χ0n) is 14.4. The molecule has 1 amide bonds. The lowest BCUT2D eigenvalue weighted by atomic mass is 10.1. The van der Waals surface area contributed by atoms with E-state index in [1.807, 2.05) is 35.1 Å². The van der Waals surface area contributed by atoms with Crippen LogP contribution in [0.2, 0.25) is 0 Å². The smallest absolute Gasteiger partial charge is 0.228 e. The minimum Gasteiger partial charge on any atom is -0.497 e. The Hall–Kier alpha value is -3.08. The zero-order chi connectivity index (χ0) is 17.6. The Balaban J connectivity index is 1.56. The first-order chi connectivity index (χ1) is 12.1. The molecule has 5 nitrogen and oxygen atoms in total. The lowest BCUT2D eigenvalue weighted by molar-refractivity contribution is -0.115. The van der Waals surface area contributed by atoms with Crippen LogP contribution in [0.4, 0.5) is 5.69 Å². The van der Waals surface area contributed by atoms with Crippen LogP contribution >= 0.6 is 0 Å². The van der Waals surface area contributed by atoms with E-state index in [2.05, 4.69) is 41.6 Å². The van der Waals surface area contributed by atoms with Gasteiger partial charge in [-0.3, -0.25) is 9.48 Å². The number of nitrogens with zero attached hydrogens (tertiary/aromatic N) is 2. The molecule has 0 saturated heterocycles. The molecule has 0 bridgehead atoms. The lowest BCUT2D eigenvalue weighted by Gasteiger charge is -2.04. The van der Waals surface area contributed by atoms with Gasteiger partial charge in [-0.05, 0) is 30.2 Å². The van der Waals surface area contributed by atoms with Gasteiger partial charge in [-0.1, -0.05) is 42.0 Å². The van der Waals surface area contributed by atoms with Crippen molar-refractivity contribution in [3.05, 3.63) is 77.6 Å². The van der Waals surface area contributed by atoms with E-state index >= 15 is 0 Å². The number of hydrogen-bond acceptors (Lipinski definition) is 3. The summed E-state index contributed by atoms with van der Waals surface area (Å²) in [7, 11) is 1.62. The molecule has 5 heteroatoms. The van der Waals surface area contributed by atoms with Crippen molar-refractivity contribution in [2.45, 2.75) is 19.9 Å². The molecule has 2 aromatic carbocycles. The first-order valence-corrected chi connectivity index (χ1v) is 8.13. The number of carbonyl (C=O) groups is 1. The maximum atomic E-state index is 12.2. The normalized spacial score (nSPS) is 10.5. The summed E-state index contributed by atoms with van der Waals surface area (Å²) in [4.78, 5) is 12.2. The van der Waals surface area contributed by atoms with Crippen molar-refractivity contribution in [2.75, 3.05) is 12.4 Å². The van der Waals surface area contributed by atoms with E-state index in [4.69, 9.17) is 4.74 Å². The topological polar surface area (TPSA) is 56.1 Å². The fraction of sp³-hybridized carbons (Fsp3) is 0.200. The SMILES string of the molecule is COc1ccc(CC(=O)Nc2cnn(Cc3ccc(C)cc3)c2)cc1. The van der Waals surface area contributed by atoms with Crippen molar-refractivity contribution in [3.8, 4) is 5.75 Å². The molecule has 1 aromatic heterocycles. The van der Waals surface area contributed by atoms with Gasteiger partial charge in [-0.15, -0.1) is 0 Å². The summed E-state index contributed by atoms with van der Waals surface area (Å²) in [6, 6.07) is 15.8. The van der Waals surface area contributed by atoms with Crippen molar-refractivity contribution < 1.29 is 9.53 Å². The molecule has 0 aliphatic carbocycles. The molecule has 0 spiro atoms. The second-order valence-electron chi connectivity index (χ2n) is 5.99. The van der Waals surface area contributed by atoms with Gasteiger partial charge in [0, 0.05) is 6.20 Å². The molecular formula is C20H21N3O2. The third-order valence-corrected chi connectivity index (χ3v) is 3.91. The largest absolute Gasteiger partial charge is 0.497 e. The van der Waals surface area contributed by atoms with Crippen LogP contribution in [0.1, 0.15) is 16.7 Å². The van der Waals surface area contributed by atoms with Crippen LogP contribution < -0.4 is 10.1 Å². The monoisotopic (exact) mass is 335 g/mol. The van der Waals surface area contributed by atoms with Crippen LogP contribution in [0.25, 0.3) is 0 Å². The Morgan fingerprint density at radius 3 is 2.44 bits per heavy atom. The van der Waals surface area contributed by atoms with Gasteiger partial charge in [0.05, 0.1) is 32.0 Å². The van der Waals surface area contributed by atoms with Gasteiger partial charge in [-0.2, -0.15) is 5.10 Å². The molecule has 0 atom stereocenters. The van der Waals surface area contributed by atoms with Crippen molar-refractivity contribution in [1.82, 2.24) is 9.78 Å². The highest BCUT2D eigenvalue weighted by Gasteiger charge is 2.07. The van der Waals surface area contributed by atoms with E-state index in [1.165, 1.54) is 11.1 Å². The van der Waals surface area contributed by atoms with Crippen LogP contribution in [0.15, 0.2) is 60.9 Å². The summed E-state index contributed by atoms with van der Waals surface area (Å²) in [5.74, 6) is 0.710. The summed E-state index contributed by atoms with van der Waals surface area (Å²) < 4.78 is 6.93. The third kappa shape index (κ3) is 4.70. The number of ether oxygens (including phenoxy) is 1. The molecule has 0 unspecified atom stereocenters. The quantitative estimate of drug-likeness (QED) is 0.751. The maximum absolute atomic E-state index is 12.2. The van der Waals surface area contributed by atoms with Gasteiger partial charge in [-0.25, -0.2) is 0 Å². The van der Waals surface area contributed by atoms with Gasteiger partial charge >= 0.3 is 0 Å². The summed E-state index contributed by atoms with van der Waals surface area (Å²) in [5.41, 5.74) is 4.04. The molecule has 1 N–H and O–H groups in total. The Morgan fingerprint density at radius 1 is 1.08 bits per heavy atom. The van der Waals surface area contributed by atoms with Crippen LogP contribution in [0.5, 0.6) is 5.75 Å². The van der Waals surface area contributed by atoms with Gasteiger partial charge in [0.1, 0.15) is 5.75 Å². The van der Waals surface area contributed by atoms with Crippen LogP contribution in [-0.4, -0.2) is 22.8 Å². The highest BCUT2D eigenvalue weighted by molar-refractivity contribution is 5.92. The van der Waals surface area contributed by atoms with E-state index in [-0.39, 0.29) is 5.91 Å². The number of aromatic nitrogens is 2. The van der Waals surface area contributed by atoms with Gasteiger partial charge in [0.15, 0.2) is 0 Å². The standard InChI is InChI=1S/C20H21N3O2/c1-15-3-5-17(6-4-15)13-23-14-18(12-21-23)22-20(24)11-16-7-9-19(25-2)10-8-16/h3-10,12,14H,11,13H2,1-2H3,(H,22,24). The average Bonchev–Trinajstić information content (AvgIpc) is 3.04. The molecular weight excluding hydrogens is 314 g/mol. The zero-order valence-corrected chi connectivity index (χ0v) is 14.4. The molecule has 0 aliphatic rings. The Morgan fingerprint density at radius 2 is 1.76 bits per heavy atom. The summed E-state index contributed by atoms with van der Waals surface area (Å²) in [5, 5.41) is 7.18. The second kappa shape index (κ2) is 7.66. The average molecular weight is 335 g/mol. The number of methoxy groups -OCH3 is 1. The van der Waals surface area contributed by atoms with E-state index in [0.29, 0.717) is 18.7 Å². The number of carbonyl (C=O) groups excluding carboxylic acids is 1. The summed E-state index contributed by atoms with van der Waals surface area (Å²) in [6.45, 7) is 2.74. The minimum atomic E-state index is -0.0694. The molecule has 3 aromatic rings. The molecule has 1 heterocycles. The first kappa shape index (κ1) is 16.8. The number of benzene rings is 2. The molecule has 25 heavy (non-hydrogen) atoms. The summed E-state index contributed by atoms with van der Waals surface area (Å²) >= 11 is 0.